The molecule has 0 amide bonds. The Hall–Kier alpha value is -0.250. The van der Waals surface area contributed by atoms with Gasteiger partial charge in [0.15, 0.2) is 8.68 Å². The summed E-state index contributed by atoms with van der Waals surface area (Å²) in [5.74, 6) is 1.93. The molecule has 0 spiro atoms. The lowest BCUT2D eigenvalue weighted by atomic mass is 10.4. The first-order chi connectivity index (χ1) is 7.36. The van der Waals surface area contributed by atoms with E-state index < -0.39 is 0 Å². The summed E-state index contributed by atoms with van der Waals surface area (Å²) >= 11 is 5.01. The van der Waals surface area contributed by atoms with Crippen LogP contribution in [0.1, 0.15) is 26.2 Å². The van der Waals surface area contributed by atoms with Crippen LogP contribution in [0.5, 0.6) is 0 Å². The van der Waals surface area contributed by atoms with Crippen molar-refractivity contribution in [2.24, 2.45) is 0 Å². The van der Waals surface area contributed by atoms with Crippen LogP contribution in [0.3, 0.4) is 0 Å². The summed E-state index contributed by atoms with van der Waals surface area (Å²) in [6.07, 6.45) is 3.01. The van der Waals surface area contributed by atoms with E-state index in [-0.39, 0.29) is 0 Å². The van der Waals surface area contributed by atoms with Gasteiger partial charge in [-0.05, 0) is 6.42 Å². The summed E-state index contributed by atoms with van der Waals surface area (Å²) in [7, 11) is 0. The maximum Gasteiger partial charge on any atom is 0.175 e. The average Bonchev–Trinajstić information content (AvgIpc) is 2.67. The van der Waals surface area contributed by atoms with Gasteiger partial charge in [0, 0.05) is 17.9 Å². The van der Waals surface area contributed by atoms with E-state index in [2.05, 4.69) is 23.2 Å². The monoisotopic (exact) mass is 259 g/mol. The molecule has 1 aromatic heterocycles. The molecule has 0 atom stereocenters. The minimum absolute atomic E-state index is 0.572. The van der Waals surface area contributed by atoms with Gasteiger partial charge >= 0.3 is 0 Å². The minimum atomic E-state index is 0.572. The molecule has 15 heavy (non-hydrogen) atoms. The molecule has 1 aromatic rings. The van der Waals surface area contributed by atoms with Crippen molar-refractivity contribution >= 4 is 34.9 Å². The predicted molar refractivity (Wildman–Crippen MR) is 66.5 cm³/mol. The van der Waals surface area contributed by atoms with E-state index in [9.17, 15) is 0 Å². The molecule has 0 saturated heterocycles. The van der Waals surface area contributed by atoms with Gasteiger partial charge in [-0.3, -0.25) is 0 Å². The van der Waals surface area contributed by atoms with Gasteiger partial charge in [0.1, 0.15) is 0 Å². The zero-order valence-electron chi connectivity index (χ0n) is 8.60. The normalized spacial score (nSPS) is 10.1. The fourth-order valence-electron chi connectivity index (χ4n) is 0.802. The standard InChI is InChI=1S/C9H13N3S3/c1-2-3-6-13-8-11-12-9(15-8)14-7-4-5-10/h2-4,6-7H2,1H3. The number of thioether (sulfide) groups is 2. The Morgan fingerprint density at radius 1 is 1.27 bits per heavy atom. The topological polar surface area (TPSA) is 49.6 Å². The van der Waals surface area contributed by atoms with Gasteiger partial charge in [0.25, 0.3) is 0 Å². The van der Waals surface area contributed by atoms with Crippen molar-refractivity contribution in [2.45, 2.75) is 34.9 Å². The third kappa shape index (κ3) is 5.40. The number of hydrogen-bond donors (Lipinski definition) is 0. The van der Waals surface area contributed by atoms with Gasteiger partial charge in [-0.15, -0.1) is 10.2 Å². The van der Waals surface area contributed by atoms with E-state index in [0.29, 0.717) is 6.42 Å². The zero-order valence-corrected chi connectivity index (χ0v) is 11.1. The molecular weight excluding hydrogens is 246 g/mol. The van der Waals surface area contributed by atoms with Crippen LogP contribution >= 0.6 is 34.9 Å². The quantitative estimate of drug-likeness (QED) is 0.554. The van der Waals surface area contributed by atoms with Crippen molar-refractivity contribution < 1.29 is 0 Å². The molecule has 0 aliphatic heterocycles. The van der Waals surface area contributed by atoms with Crippen LogP contribution in [-0.2, 0) is 0 Å². The molecule has 0 radical (unpaired) electrons. The van der Waals surface area contributed by atoms with E-state index in [4.69, 9.17) is 5.26 Å². The highest BCUT2D eigenvalue weighted by molar-refractivity contribution is 8.03. The Labute approximate surface area is 103 Å². The second-order valence-electron chi connectivity index (χ2n) is 2.79. The molecule has 0 aliphatic rings. The van der Waals surface area contributed by atoms with Crippen molar-refractivity contribution in [3.63, 3.8) is 0 Å². The van der Waals surface area contributed by atoms with Crippen LogP contribution in [-0.4, -0.2) is 21.7 Å². The first-order valence-electron chi connectivity index (χ1n) is 4.83. The van der Waals surface area contributed by atoms with E-state index in [1.54, 1.807) is 34.9 Å². The van der Waals surface area contributed by atoms with Gasteiger partial charge < -0.3 is 0 Å². The number of nitriles is 1. The van der Waals surface area contributed by atoms with Gasteiger partial charge in [-0.2, -0.15) is 5.26 Å². The second kappa shape index (κ2) is 7.97. The maximum absolute atomic E-state index is 8.39. The van der Waals surface area contributed by atoms with Gasteiger partial charge in [-0.1, -0.05) is 48.2 Å². The minimum Gasteiger partial charge on any atom is -0.198 e. The largest absolute Gasteiger partial charge is 0.198 e. The van der Waals surface area contributed by atoms with E-state index >= 15 is 0 Å². The van der Waals surface area contributed by atoms with Crippen molar-refractivity contribution in [2.75, 3.05) is 11.5 Å². The maximum atomic E-state index is 8.39. The van der Waals surface area contributed by atoms with Crippen LogP contribution in [0.4, 0.5) is 0 Å². The Bertz CT molecular complexity index is 319. The van der Waals surface area contributed by atoms with Crippen LogP contribution in [0.25, 0.3) is 0 Å². The Morgan fingerprint density at radius 2 is 1.93 bits per heavy atom. The number of unbranched alkanes of at least 4 members (excludes halogenated alkanes) is 1. The molecule has 0 N–H and O–H groups in total. The summed E-state index contributed by atoms with van der Waals surface area (Å²) in [5.41, 5.74) is 0. The summed E-state index contributed by atoms with van der Waals surface area (Å²) < 4.78 is 2.02. The molecule has 3 nitrogen and oxygen atoms in total. The Balaban J connectivity index is 2.26. The molecule has 1 rings (SSSR count). The van der Waals surface area contributed by atoms with Crippen LogP contribution in [0.2, 0.25) is 0 Å². The van der Waals surface area contributed by atoms with Crippen LogP contribution in [0.15, 0.2) is 8.68 Å². The van der Waals surface area contributed by atoms with Crippen LogP contribution in [0, 0.1) is 11.3 Å². The summed E-state index contributed by atoms with van der Waals surface area (Å²) in [6, 6.07) is 2.12. The fourth-order valence-corrected chi connectivity index (χ4v) is 3.89. The second-order valence-corrected chi connectivity index (χ2v) is 6.45. The SMILES string of the molecule is CCCCSc1nnc(SCCC#N)s1. The molecule has 0 saturated carbocycles. The van der Waals surface area contributed by atoms with Gasteiger partial charge in [0.05, 0.1) is 6.07 Å². The van der Waals surface area contributed by atoms with E-state index in [1.165, 1.54) is 12.8 Å². The average molecular weight is 259 g/mol. The van der Waals surface area contributed by atoms with Crippen molar-refractivity contribution in [3.8, 4) is 6.07 Å². The number of rotatable bonds is 7. The summed E-state index contributed by atoms with van der Waals surface area (Å²) in [6.45, 7) is 2.18. The fraction of sp³-hybridized carbons (Fsp3) is 0.667. The molecule has 6 heteroatoms. The van der Waals surface area contributed by atoms with E-state index in [1.807, 2.05) is 0 Å². The predicted octanol–water partition coefficient (Wildman–Crippen LogP) is 3.44. The third-order valence-corrected chi connectivity index (χ3v) is 4.83. The number of aromatic nitrogens is 2. The smallest absolute Gasteiger partial charge is 0.175 e. The lowest BCUT2D eigenvalue weighted by Crippen LogP contribution is -1.77. The molecular formula is C9H13N3S3. The lowest BCUT2D eigenvalue weighted by molar-refractivity contribution is 0.892. The number of nitrogens with zero attached hydrogens (tertiary/aromatic N) is 3. The van der Waals surface area contributed by atoms with Crippen molar-refractivity contribution in [1.82, 2.24) is 10.2 Å². The molecule has 1 heterocycles. The molecule has 82 valence electrons. The van der Waals surface area contributed by atoms with E-state index in [0.717, 1.165) is 20.2 Å². The molecule has 0 aliphatic carbocycles. The van der Waals surface area contributed by atoms with Crippen molar-refractivity contribution in [3.05, 3.63) is 0 Å². The molecule has 0 unspecified atom stereocenters. The first kappa shape index (κ1) is 12.8. The third-order valence-electron chi connectivity index (χ3n) is 1.55. The highest BCUT2D eigenvalue weighted by atomic mass is 32.2. The molecule has 0 aromatic carbocycles. The zero-order chi connectivity index (χ0) is 10.9. The Morgan fingerprint density at radius 3 is 2.53 bits per heavy atom. The highest BCUT2D eigenvalue weighted by Crippen LogP contribution is 2.29. The summed E-state index contributed by atoms with van der Waals surface area (Å²) in [4.78, 5) is 0. The van der Waals surface area contributed by atoms with Gasteiger partial charge in [-0.25, -0.2) is 0 Å². The van der Waals surface area contributed by atoms with Gasteiger partial charge in [0.2, 0.25) is 0 Å². The lowest BCUT2D eigenvalue weighted by Gasteiger charge is -1.92. The van der Waals surface area contributed by atoms with Crippen LogP contribution < -0.4 is 0 Å². The Kier molecular flexibility index (Phi) is 6.81. The molecule has 0 bridgehead atoms. The molecule has 0 fully saturated rings. The summed E-state index contributed by atoms with van der Waals surface area (Å²) in [5, 5.41) is 16.6. The van der Waals surface area contributed by atoms with Crippen molar-refractivity contribution in [1.29, 1.82) is 5.26 Å². The first-order valence-corrected chi connectivity index (χ1v) is 7.61. The number of hydrogen-bond acceptors (Lipinski definition) is 6. The highest BCUT2D eigenvalue weighted by Gasteiger charge is 2.04.